The van der Waals surface area contributed by atoms with Crippen LogP contribution >= 0.6 is 23.4 Å². The SMILES string of the molecule is Cc1ccc(NC(=O)C(C)Sc2nc3c(S(=O)(=O)C4CCCCC4)cccc3[nH]2)c(Cl)c1. The van der Waals surface area contributed by atoms with E-state index in [1.54, 1.807) is 31.2 Å². The first-order valence-electron chi connectivity index (χ1n) is 10.7. The predicted molar refractivity (Wildman–Crippen MR) is 130 cm³/mol. The van der Waals surface area contributed by atoms with Crippen molar-refractivity contribution in [2.24, 2.45) is 0 Å². The first-order valence-corrected chi connectivity index (χ1v) is 13.5. The number of hydrogen-bond donors (Lipinski definition) is 2. The van der Waals surface area contributed by atoms with Crippen LogP contribution in [0.3, 0.4) is 0 Å². The molecule has 4 rings (SSSR count). The number of para-hydroxylation sites is 1. The molecule has 1 saturated carbocycles. The predicted octanol–water partition coefficient (Wildman–Crippen LogP) is 5.75. The number of aryl methyl sites for hydroxylation is 1. The van der Waals surface area contributed by atoms with Gasteiger partial charge in [-0.1, -0.05) is 54.8 Å². The highest BCUT2D eigenvalue weighted by atomic mass is 35.5. The number of nitrogens with one attached hydrogen (secondary N) is 2. The van der Waals surface area contributed by atoms with Crippen LogP contribution in [0.15, 0.2) is 46.5 Å². The van der Waals surface area contributed by atoms with Gasteiger partial charge in [-0.15, -0.1) is 0 Å². The maximum Gasteiger partial charge on any atom is 0.237 e. The van der Waals surface area contributed by atoms with Gasteiger partial charge in [0.15, 0.2) is 15.0 Å². The zero-order valence-corrected chi connectivity index (χ0v) is 20.4. The number of sulfone groups is 1. The van der Waals surface area contributed by atoms with E-state index in [9.17, 15) is 13.2 Å². The molecule has 32 heavy (non-hydrogen) atoms. The van der Waals surface area contributed by atoms with Crippen molar-refractivity contribution in [2.45, 2.75) is 66.5 Å². The first-order chi connectivity index (χ1) is 15.3. The number of imidazole rings is 1. The van der Waals surface area contributed by atoms with Gasteiger partial charge in [0.2, 0.25) is 5.91 Å². The number of nitrogens with zero attached hydrogens (tertiary/aromatic N) is 1. The average Bonchev–Trinajstić information content (AvgIpc) is 3.18. The summed E-state index contributed by atoms with van der Waals surface area (Å²) in [6.45, 7) is 3.70. The van der Waals surface area contributed by atoms with Gasteiger partial charge in [-0.25, -0.2) is 13.4 Å². The van der Waals surface area contributed by atoms with Crippen LogP contribution in [0.25, 0.3) is 11.0 Å². The average molecular weight is 492 g/mol. The fourth-order valence-corrected chi connectivity index (χ4v) is 7.10. The molecule has 170 valence electrons. The summed E-state index contributed by atoms with van der Waals surface area (Å²) in [6, 6.07) is 10.6. The maximum atomic E-state index is 13.3. The number of hydrogen-bond acceptors (Lipinski definition) is 5. The summed E-state index contributed by atoms with van der Waals surface area (Å²) < 4.78 is 26.5. The molecular formula is C23H26ClN3O3S2. The number of carbonyl (C=O) groups is 1. The maximum absolute atomic E-state index is 13.3. The second-order valence-electron chi connectivity index (χ2n) is 8.23. The van der Waals surface area contributed by atoms with Crippen molar-refractivity contribution >= 4 is 55.8 Å². The summed E-state index contributed by atoms with van der Waals surface area (Å²) >= 11 is 7.46. The lowest BCUT2D eigenvalue weighted by molar-refractivity contribution is -0.115. The van der Waals surface area contributed by atoms with Crippen LogP contribution in [-0.4, -0.2) is 34.8 Å². The van der Waals surface area contributed by atoms with Crippen molar-refractivity contribution in [3.05, 3.63) is 47.0 Å². The van der Waals surface area contributed by atoms with E-state index in [4.69, 9.17) is 11.6 Å². The van der Waals surface area contributed by atoms with Crippen molar-refractivity contribution in [2.75, 3.05) is 5.32 Å². The number of halogens is 1. The topological polar surface area (TPSA) is 91.9 Å². The Labute approximate surface area is 197 Å². The molecule has 0 radical (unpaired) electrons. The first kappa shape index (κ1) is 23.1. The van der Waals surface area contributed by atoms with E-state index in [-0.39, 0.29) is 16.1 Å². The second kappa shape index (κ2) is 9.45. The monoisotopic (exact) mass is 491 g/mol. The van der Waals surface area contributed by atoms with E-state index in [0.29, 0.717) is 39.7 Å². The Balaban J connectivity index is 1.54. The number of fused-ring (bicyclic) bond motifs is 1. The fourth-order valence-electron chi connectivity index (χ4n) is 4.00. The van der Waals surface area contributed by atoms with Gasteiger partial charge in [-0.3, -0.25) is 4.79 Å². The van der Waals surface area contributed by atoms with Gasteiger partial charge < -0.3 is 10.3 Å². The fraction of sp³-hybridized carbons (Fsp3) is 0.391. The van der Waals surface area contributed by atoms with Gasteiger partial charge in [0, 0.05) is 0 Å². The van der Waals surface area contributed by atoms with Crippen molar-refractivity contribution in [1.82, 2.24) is 9.97 Å². The number of benzene rings is 2. The lowest BCUT2D eigenvalue weighted by Crippen LogP contribution is -2.24. The Hall–Kier alpha value is -2.03. The van der Waals surface area contributed by atoms with Gasteiger partial charge in [0.05, 0.1) is 31.6 Å². The molecule has 0 saturated heterocycles. The van der Waals surface area contributed by atoms with Crippen LogP contribution in [-0.2, 0) is 14.6 Å². The van der Waals surface area contributed by atoms with Gasteiger partial charge in [-0.2, -0.15) is 0 Å². The van der Waals surface area contributed by atoms with E-state index in [1.165, 1.54) is 11.8 Å². The molecule has 2 aromatic carbocycles. The Bertz CT molecular complexity index is 1250. The Morgan fingerprint density at radius 1 is 1.22 bits per heavy atom. The number of rotatable bonds is 6. The van der Waals surface area contributed by atoms with Crippen LogP contribution in [0.1, 0.15) is 44.6 Å². The molecule has 1 atom stereocenters. The molecule has 9 heteroatoms. The summed E-state index contributed by atoms with van der Waals surface area (Å²) in [5.74, 6) is -0.212. The zero-order valence-electron chi connectivity index (χ0n) is 18.0. The van der Waals surface area contributed by atoms with E-state index in [1.807, 2.05) is 19.1 Å². The van der Waals surface area contributed by atoms with Crippen molar-refractivity contribution in [1.29, 1.82) is 0 Å². The van der Waals surface area contributed by atoms with Gasteiger partial charge >= 0.3 is 0 Å². The molecule has 0 bridgehead atoms. The number of aromatic nitrogens is 2. The van der Waals surface area contributed by atoms with E-state index in [0.717, 1.165) is 24.8 Å². The molecular weight excluding hydrogens is 466 g/mol. The highest BCUT2D eigenvalue weighted by Crippen LogP contribution is 2.33. The third-order valence-electron chi connectivity index (χ3n) is 5.79. The molecule has 1 heterocycles. The summed E-state index contributed by atoms with van der Waals surface area (Å²) in [5.41, 5.74) is 2.66. The van der Waals surface area contributed by atoms with Crippen LogP contribution in [0, 0.1) is 6.92 Å². The normalized spacial score (nSPS) is 16.2. The molecule has 1 aromatic heterocycles. The molecule has 0 spiro atoms. The van der Waals surface area contributed by atoms with Crippen LogP contribution in [0.4, 0.5) is 5.69 Å². The highest BCUT2D eigenvalue weighted by Gasteiger charge is 2.31. The minimum atomic E-state index is -3.45. The highest BCUT2D eigenvalue weighted by molar-refractivity contribution is 8.00. The summed E-state index contributed by atoms with van der Waals surface area (Å²) in [6.07, 6.45) is 4.37. The lowest BCUT2D eigenvalue weighted by atomic mass is 10.0. The molecule has 1 unspecified atom stereocenters. The Kier molecular flexibility index (Phi) is 6.83. The molecule has 1 aliphatic carbocycles. The third-order valence-corrected chi connectivity index (χ3v) is 9.38. The number of H-pyrrole nitrogens is 1. The van der Waals surface area contributed by atoms with E-state index in [2.05, 4.69) is 15.3 Å². The minimum Gasteiger partial charge on any atom is -0.333 e. The number of aromatic amines is 1. The van der Waals surface area contributed by atoms with E-state index < -0.39 is 15.1 Å². The van der Waals surface area contributed by atoms with Crippen molar-refractivity contribution in [3.63, 3.8) is 0 Å². The smallest absolute Gasteiger partial charge is 0.237 e. The van der Waals surface area contributed by atoms with Gasteiger partial charge in [0.25, 0.3) is 0 Å². The molecule has 0 aliphatic heterocycles. The third kappa shape index (κ3) is 4.82. The number of anilines is 1. The minimum absolute atomic E-state index is 0.212. The summed E-state index contributed by atoms with van der Waals surface area (Å²) in [7, 11) is -3.45. The van der Waals surface area contributed by atoms with Gasteiger partial charge in [0.1, 0.15) is 5.52 Å². The van der Waals surface area contributed by atoms with Gasteiger partial charge in [-0.05, 0) is 56.5 Å². The summed E-state index contributed by atoms with van der Waals surface area (Å²) in [5, 5.41) is 3.01. The van der Waals surface area contributed by atoms with E-state index >= 15 is 0 Å². The molecule has 2 N–H and O–H groups in total. The number of carbonyl (C=O) groups excluding carboxylic acids is 1. The quantitative estimate of drug-likeness (QED) is 0.428. The molecule has 3 aromatic rings. The second-order valence-corrected chi connectivity index (χ2v) is 12.2. The van der Waals surface area contributed by atoms with Crippen LogP contribution < -0.4 is 5.32 Å². The Morgan fingerprint density at radius 3 is 2.69 bits per heavy atom. The number of amides is 1. The largest absolute Gasteiger partial charge is 0.333 e. The molecule has 1 aliphatic rings. The Morgan fingerprint density at radius 2 is 1.97 bits per heavy atom. The van der Waals surface area contributed by atoms with Crippen molar-refractivity contribution in [3.8, 4) is 0 Å². The van der Waals surface area contributed by atoms with Crippen LogP contribution in [0.2, 0.25) is 5.02 Å². The standard InChI is InChI=1S/C23H26ClN3O3S2/c1-14-11-12-18(17(24)13-14)25-22(28)15(2)31-23-26-19-9-6-10-20(21(19)27-23)32(29,30)16-7-4-3-5-8-16/h6,9-13,15-16H,3-5,7-8H2,1-2H3,(H,25,28)(H,26,27). The summed E-state index contributed by atoms with van der Waals surface area (Å²) in [4.78, 5) is 20.7. The number of thioether (sulfide) groups is 1. The van der Waals surface area contributed by atoms with Crippen LogP contribution in [0.5, 0.6) is 0 Å². The molecule has 6 nitrogen and oxygen atoms in total. The van der Waals surface area contributed by atoms with Crippen molar-refractivity contribution < 1.29 is 13.2 Å². The lowest BCUT2D eigenvalue weighted by Gasteiger charge is -2.21. The zero-order chi connectivity index (χ0) is 22.9. The molecule has 1 fully saturated rings. The molecule has 1 amide bonds.